The summed E-state index contributed by atoms with van der Waals surface area (Å²) in [6.07, 6.45) is 0.777. The van der Waals surface area contributed by atoms with Gasteiger partial charge in [-0.3, -0.25) is 9.59 Å². The quantitative estimate of drug-likeness (QED) is 0.689. The van der Waals surface area contributed by atoms with Crippen LogP contribution in [-0.2, 0) is 6.42 Å². The van der Waals surface area contributed by atoms with E-state index in [1.807, 2.05) is 55.5 Å². The van der Waals surface area contributed by atoms with Gasteiger partial charge in [-0.2, -0.15) is 9.78 Å². The van der Waals surface area contributed by atoms with Crippen molar-refractivity contribution in [2.75, 3.05) is 13.1 Å². The molecule has 0 aliphatic heterocycles. The Morgan fingerprint density at radius 1 is 0.962 bits per heavy atom. The van der Waals surface area contributed by atoms with Gasteiger partial charge in [-0.15, -0.1) is 0 Å². The molecule has 132 valence electrons. The van der Waals surface area contributed by atoms with Gasteiger partial charge >= 0.3 is 0 Å². The monoisotopic (exact) mass is 347 g/mol. The molecule has 0 saturated heterocycles. The summed E-state index contributed by atoms with van der Waals surface area (Å²) in [6, 6.07) is 22.0. The molecule has 5 heteroatoms. The highest BCUT2D eigenvalue weighted by molar-refractivity contribution is 5.92. The number of rotatable bonds is 6. The maximum atomic E-state index is 12.8. The number of aromatic nitrogens is 2. The number of benzene rings is 2. The summed E-state index contributed by atoms with van der Waals surface area (Å²) in [5.41, 5.74) is 1.82. The Labute approximate surface area is 152 Å². The first-order valence-electron chi connectivity index (χ1n) is 8.68. The Hall–Kier alpha value is -3.21. The summed E-state index contributed by atoms with van der Waals surface area (Å²) in [4.78, 5) is 26.7. The molecule has 1 amide bonds. The van der Waals surface area contributed by atoms with Crippen molar-refractivity contribution in [1.29, 1.82) is 0 Å². The van der Waals surface area contributed by atoms with Crippen LogP contribution in [0.5, 0.6) is 0 Å². The number of hydrogen-bond donors (Lipinski definition) is 0. The van der Waals surface area contributed by atoms with Crippen molar-refractivity contribution in [3.63, 3.8) is 0 Å². The van der Waals surface area contributed by atoms with Crippen LogP contribution in [0.4, 0.5) is 0 Å². The number of likely N-dealkylation sites (N-methyl/N-ethyl adjacent to an activating group) is 1. The fraction of sp³-hybridized carbons (Fsp3) is 0.190. The van der Waals surface area contributed by atoms with Crippen molar-refractivity contribution in [1.82, 2.24) is 14.7 Å². The van der Waals surface area contributed by atoms with E-state index < -0.39 is 0 Å². The summed E-state index contributed by atoms with van der Waals surface area (Å²) < 4.78 is 1.26. The summed E-state index contributed by atoms with van der Waals surface area (Å²) in [5.74, 6) is -0.173. The molecule has 1 aromatic heterocycles. The lowest BCUT2D eigenvalue weighted by molar-refractivity contribution is 0.0758. The maximum Gasteiger partial charge on any atom is 0.274 e. The Kier molecular flexibility index (Phi) is 5.59. The highest BCUT2D eigenvalue weighted by atomic mass is 16.2. The van der Waals surface area contributed by atoms with E-state index in [1.165, 1.54) is 22.4 Å². The molecular weight excluding hydrogens is 326 g/mol. The van der Waals surface area contributed by atoms with Gasteiger partial charge in [0.05, 0.1) is 5.69 Å². The van der Waals surface area contributed by atoms with Crippen molar-refractivity contribution >= 4 is 5.91 Å². The van der Waals surface area contributed by atoms with Crippen LogP contribution in [0.3, 0.4) is 0 Å². The zero-order valence-electron chi connectivity index (χ0n) is 14.7. The van der Waals surface area contributed by atoms with Crippen molar-refractivity contribution in [2.45, 2.75) is 13.3 Å². The topological polar surface area (TPSA) is 55.2 Å². The van der Waals surface area contributed by atoms with E-state index in [0.29, 0.717) is 18.8 Å². The minimum Gasteiger partial charge on any atom is -0.337 e. The van der Waals surface area contributed by atoms with Gasteiger partial charge in [0.2, 0.25) is 0 Å². The Bertz CT molecular complexity index is 921. The van der Waals surface area contributed by atoms with Crippen LogP contribution in [0, 0.1) is 0 Å². The van der Waals surface area contributed by atoms with Gasteiger partial charge in [-0.1, -0.05) is 48.5 Å². The average Bonchev–Trinajstić information content (AvgIpc) is 2.70. The van der Waals surface area contributed by atoms with Gasteiger partial charge in [0.1, 0.15) is 5.69 Å². The number of nitrogens with zero attached hydrogens (tertiary/aromatic N) is 3. The van der Waals surface area contributed by atoms with Gasteiger partial charge in [0.15, 0.2) is 0 Å². The zero-order valence-corrected chi connectivity index (χ0v) is 14.7. The largest absolute Gasteiger partial charge is 0.337 e. The second-order valence-electron chi connectivity index (χ2n) is 5.92. The van der Waals surface area contributed by atoms with Gasteiger partial charge in [0.25, 0.3) is 11.5 Å². The molecule has 5 nitrogen and oxygen atoms in total. The van der Waals surface area contributed by atoms with Crippen LogP contribution in [-0.4, -0.2) is 33.7 Å². The van der Waals surface area contributed by atoms with Crippen LogP contribution >= 0.6 is 0 Å². The molecule has 0 unspecified atom stereocenters. The van der Waals surface area contributed by atoms with Gasteiger partial charge in [-0.25, -0.2) is 0 Å². The molecule has 2 aromatic carbocycles. The van der Waals surface area contributed by atoms with E-state index >= 15 is 0 Å². The van der Waals surface area contributed by atoms with Crippen molar-refractivity contribution in [3.05, 3.63) is 94.4 Å². The van der Waals surface area contributed by atoms with Crippen molar-refractivity contribution in [3.8, 4) is 5.69 Å². The average molecular weight is 347 g/mol. The van der Waals surface area contributed by atoms with Crippen LogP contribution in [0.15, 0.2) is 77.6 Å². The normalized spacial score (nSPS) is 10.5. The summed E-state index contributed by atoms with van der Waals surface area (Å²) in [7, 11) is 0. The molecule has 0 spiro atoms. The lowest BCUT2D eigenvalue weighted by Crippen LogP contribution is -2.35. The van der Waals surface area contributed by atoms with Crippen LogP contribution in [0.25, 0.3) is 5.69 Å². The van der Waals surface area contributed by atoms with E-state index in [9.17, 15) is 9.59 Å². The highest BCUT2D eigenvalue weighted by Gasteiger charge is 2.17. The van der Waals surface area contributed by atoms with E-state index in [-0.39, 0.29) is 17.2 Å². The minimum absolute atomic E-state index is 0.173. The molecule has 0 fully saturated rings. The summed E-state index contributed by atoms with van der Waals surface area (Å²) >= 11 is 0. The molecule has 0 aliphatic carbocycles. The van der Waals surface area contributed by atoms with Gasteiger partial charge in [0, 0.05) is 19.2 Å². The maximum absolute atomic E-state index is 12.8. The number of carbonyl (C=O) groups excluding carboxylic acids is 1. The SMILES string of the molecule is CCN(CCc1ccccc1)C(=O)c1ccc(=O)n(-c2ccccc2)n1. The fourth-order valence-electron chi connectivity index (χ4n) is 2.75. The second-order valence-corrected chi connectivity index (χ2v) is 5.92. The van der Waals surface area contributed by atoms with Crippen LogP contribution in [0.2, 0.25) is 0 Å². The third kappa shape index (κ3) is 4.06. The third-order valence-corrected chi connectivity index (χ3v) is 4.20. The standard InChI is InChI=1S/C21H21N3O2/c1-2-23(16-15-17-9-5-3-6-10-17)21(26)19-13-14-20(25)24(22-19)18-11-7-4-8-12-18/h3-14H,2,15-16H2,1H3. The second kappa shape index (κ2) is 8.25. The highest BCUT2D eigenvalue weighted by Crippen LogP contribution is 2.07. The first kappa shape index (κ1) is 17.6. The molecule has 0 aliphatic rings. The summed E-state index contributed by atoms with van der Waals surface area (Å²) in [5, 5.41) is 4.28. The molecule has 3 aromatic rings. The smallest absolute Gasteiger partial charge is 0.274 e. The number of para-hydroxylation sites is 1. The van der Waals surface area contributed by atoms with E-state index in [4.69, 9.17) is 0 Å². The lowest BCUT2D eigenvalue weighted by atomic mass is 10.1. The first-order chi connectivity index (χ1) is 12.7. The first-order valence-corrected chi connectivity index (χ1v) is 8.68. The Balaban J connectivity index is 1.80. The van der Waals surface area contributed by atoms with E-state index in [0.717, 1.165) is 6.42 Å². The molecule has 0 N–H and O–H groups in total. The molecule has 0 atom stereocenters. The van der Waals surface area contributed by atoms with Crippen LogP contribution in [0.1, 0.15) is 23.0 Å². The number of hydrogen-bond acceptors (Lipinski definition) is 3. The number of carbonyl (C=O) groups is 1. The predicted molar refractivity (Wildman–Crippen MR) is 102 cm³/mol. The van der Waals surface area contributed by atoms with Crippen LogP contribution < -0.4 is 5.56 Å². The predicted octanol–water partition coefficient (Wildman–Crippen LogP) is 2.94. The molecule has 0 saturated carbocycles. The Morgan fingerprint density at radius 3 is 2.27 bits per heavy atom. The van der Waals surface area contributed by atoms with E-state index in [1.54, 1.807) is 17.0 Å². The molecular formula is C21H21N3O2. The Morgan fingerprint density at radius 2 is 1.62 bits per heavy atom. The third-order valence-electron chi connectivity index (χ3n) is 4.20. The zero-order chi connectivity index (χ0) is 18.4. The van der Waals surface area contributed by atoms with Gasteiger partial charge < -0.3 is 4.90 Å². The van der Waals surface area contributed by atoms with Crippen molar-refractivity contribution < 1.29 is 4.79 Å². The number of amides is 1. The minimum atomic E-state index is -0.264. The van der Waals surface area contributed by atoms with E-state index in [2.05, 4.69) is 5.10 Å². The summed E-state index contributed by atoms with van der Waals surface area (Å²) in [6.45, 7) is 3.12. The molecule has 3 rings (SSSR count). The lowest BCUT2D eigenvalue weighted by Gasteiger charge is -2.20. The van der Waals surface area contributed by atoms with Gasteiger partial charge in [-0.05, 0) is 37.1 Å². The molecule has 1 heterocycles. The fourth-order valence-corrected chi connectivity index (χ4v) is 2.75. The molecule has 0 bridgehead atoms. The molecule has 0 radical (unpaired) electrons. The molecule has 26 heavy (non-hydrogen) atoms. The van der Waals surface area contributed by atoms with Crippen molar-refractivity contribution in [2.24, 2.45) is 0 Å².